The second-order valence-corrected chi connectivity index (χ2v) is 10.0. The maximum atomic E-state index is 14.6. The van der Waals surface area contributed by atoms with E-state index in [1.807, 2.05) is 44.2 Å². The number of halogens is 2. The summed E-state index contributed by atoms with van der Waals surface area (Å²) in [4.78, 5) is 28.3. The van der Waals surface area contributed by atoms with E-state index < -0.39 is 11.9 Å². The Morgan fingerprint density at radius 3 is 2.06 bits per heavy atom. The van der Waals surface area contributed by atoms with Crippen LogP contribution in [-0.2, 0) is 28.3 Å². The number of carbonyl (C=O) groups is 2. The fraction of sp³-hybridized carbons (Fsp3) is 0.310. The standard InChI is InChI=1S/C29H32F2N2O2S/c1-21(2)17-32-29(35)27(16-22-10-4-3-5-11-22)33(18-23-12-6-8-14-25(23)30)28(34)20-36-19-24-13-7-9-15-26(24)31/h3-15,21,27H,16-20H2,1-2H3,(H,32,35)/t27-/m1/s1. The fourth-order valence-electron chi connectivity index (χ4n) is 3.73. The first-order valence-electron chi connectivity index (χ1n) is 12.0. The summed E-state index contributed by atoms with van der Waals surface area (Å²) >= 11 is 1.27. The normalized spacial score (nSPS) is 11.8. The molecule has 190 valence electrons. The Morgan fingerprint density at radius 2 is 1.44 bits per heavy atom. The molecular weight excluding hydrogens is 478 g/mol. The van der Waals surface area contributed by atoms with Gasteiger partial charge in [0.15, 0.2) is 0 Å². The average Bonchev–Trinajstić information content (AvgIpc) is 2.87. The molecule has 1 atom stereocenters. The van der Waals surface area contributed by atoms with Gasteiger partial charge in [0.25, 0.3) is 0 Å². The van der Waals surface area contributed by atoms with Crippen molar-refractivity contribution >= 4 is 23.6 Å². The van der Waals surface area contributed by atoms with E-state index in [0.29, 0.717) is 29.8 Å². The molecule has 3 aromatic rings. The van der Waals surface area contributed by atoms with E-state index in [1.54, 1.807) is 36.4 Å². The molecule has 4 nitrogen and oxygen atoms in total. The quantitative estimate of drug-likeness (QED) is 0.345. The number of carbonyl (C=O) groups excluding carboxylic acids is 2. The van der Waals surface area contributed by atoms with Crippen LogP contribution in [0, 0.1) is 17.6 Å². The monoisotopic (exact) mass is 510 g/mol. The summed E-state index contributed by atoms with van der Waals surface area (Å²) in [5.74, 6) is -0.763. The zero-order valence-electron chi connectivity index (χ0n) is 20.6. The van der Waals surface area contributed by atoms with E-state index >= 15 is 0 Å². The predicted octanol–water partition coefficient (Wildman–Crippen LogP) is 5.61. The Hall–Kier alpha value is -3.19. The van der Waals surface area contributed by atoms with Crippen molar-refractivity contribution in [3.63, 3.8) is 0 Å². The molecule has 0 aliphatic heterocycles. The molecule has 0 saturated carbocycles. The first kappa shape index (κ1) is 27.4. The Labute approximate surface area is 216 Å². The SMILES string of the molecule is CC(C)CNC(=O)[C@@H](Cc1ccccc1)N(Cc1ccccc1F)C(=O)CSCc1ccccc1F. The highest BCUT2D eigenvalue weighted by molar-refractivity contribution is 7.99. The predicted molar refractivity (Wildman–Crippen MR) is 141 cm³/mol. The van der Waals surface area contributed by atoms with Crippen LogP contribution in [0.5, 0.6) is 0 Å². The number of amides is 2. The molecule has 0 heterocycles. The number of hydrogen-bond acceptors (Lipinski definition) is 3. The molecular formula is C29H32F2N2O2S. The van der Waals surface area contributed by atoms with Gasteiger partial charge in [0.05, 0.1) is 5.75 Å². The van der Waals surface area contributed by atoms with Gasteiger partial charge in [-0.25, -0.2) is 8.78 Å². The van der Waals surface area contributed by atoms with Gasteiger partial charge in [-0.05, 0) is 29.2 Å². The van der Waals surface area contributed by atoms with E-state index in [9.17, 15) is 18.4 Å². The number of nitrogens with one attached hydrogen (secondary N) is 1. The van der Waals surface area contributed by atoms with Crippen molar-refractivity contribution in [3.8, 4) is 0 Å². The van der Waals surface area contributed by atoms with E-state index in [0.717, 1.165) is 5.56 Å². The van der Waals surface area contributed by atoms with Crippen LogP contribution < -0.4 is 5.32 Å². The summed E-state index contributed by atoms with van der Waals surface area (Å²) < 4.78 is 28.6. The third kappa shape index (κ3) is 8.19. The number of hydrogen-bond donors (Lipinski definition) is 1. The lowest BCUT2D eigenvalue weighted by Gasteiger charge is -2.32. The highest BCUT2D eigenvalue weighted by atomic mass is 32.2. The molecule has 0 aromatic heterocycles. The van der Waals surface area contributed by atoms with Crippen LogP contribution in [0.3, 0.4) is 0 Å². The van der Waals surface area contributed by atoms with E-state index in [4.69, 9.17) is 0 Å². The summed E-state index contributed by atoms with van der Waals surface area (Å²) in [5.41, 5.74) is 1.73. The van der Waals surface area contributed by atoms with Crippen LogP contribution >= 0.6 is 11.8 Å². The fourth-order valence-corrected chi connectivity index (χ4v) is 4.63. The van der Waals surface area contributed by atoms with Crippen LogP contribution in [0.1, 0.15) is 30.5 Å². The van der Waals surface area contributed by atoms with Crippen molar-refractivity contribution in [2.75, 3.05) is 12.3 Å². The Morgan fingerprint density at radius 1 is 0.861 bits per heavy atom. The van der Waals surface area contributed by atoms with Crippen LogP contribution in [0.15, 0.2) is 78.9 Å². The summed E-state index contributed by atoms with van der Waals surface area (Å²) in [5, 5.41) is 2.94. The van der Waals surface area contributed by atoms with Gasteiger partial charge in [-0.1, -0.05) is 80.6 Å². The van der Waals surface area contributed by atoms with Gasteiger partial charge >= 0.3 is 0 Å². The summed E-state index contributed by atoms with van der Waals surface area (Å²) in [7, 11) is 0. The molecule has 3 rings (SSSR count). The number of benzene rings is 3. The van der Waals surface area contributed by atoms with Gasteiger partial charge in [-0.15, -0.1) is 11.8 Å². The molecule has 0 spiro atoms. The maximum absolute atomic E-state index is 14.6. The zero-order valence-corrected chi connectivity index (χ0v) is 21.4. The first-order chi connectivity index (χ1) is 17.3. The lowest BCUT2D eigenvalue weighted by atomic mass is 10.0. The second-order valence-electron chi connectivity index (χ2n) is 9.04. The molecule has 36 heavy (non-hydrogen) atoms. The lowest BCUT2D eigenvalue weighted by Crippen LogP contribution is -2.51. The largest absolute Gasteiger partial charge is 0.354 e. The van der Waals surface area contributed by atoms with Crippen molar-refractivity contribution in [2.24, 2.45) is 5.92 Å². The lowest BCUT2D eigenvalue weighted by molar-refractivity contribution is -0.139. The molecule has 0 bridgehead atoms. The number of thioether (sulfide) groups is 1. The molecule has 3 aromatic carbocycles. The van der Waals surface area contributed by atoms with Gasteiger partial charge in [0.1, 0.15) is 17.7 Å². The Kier molecular flexibility index (Phi) is 10.5. The molecule has 0 saturated heterocycles. The average molecular weight is 511 g/mol. The van der Waals surface area contributed by atoms with Crippen molar-refractivity contribution in [1.29, 1.82) is 0 Å². The zero-order chi connectivity index (χ0) is 25.9. The highest BCUT2D eigenvalue weighted by Gasteiger charge is 2.31. The van der Waals surface area contributed by atoms with E-state index in [-0.39, 0.29) is 35.8 Å². The van der Waals surface area contributed by atoms with Gasteiger partial charge in [0, 0.05) is 30.8 Å². The summed E-state index contributed by atoms with van der Waals surface area (Å²) in [6.07, 6.45) is 0.295. The third-order valence-electron chi connectivity index (χ3n) is 5.70. The summed E-state index contributed by atoms with van der Waals surface area (Å²) in [6.45, 7) is 4.41. The molecule has 0 radical (unpaired) electrons. The second kappa shape index (κ2) is 13.8. The van der Waals surface area contributed by atoms with Crippen molar-refractivity contribution < 1.29 is 18.4 Å². The number of nitrogens with zero attached hydrogens (tertiary/aromatic N) is 1. The summed E-state index contributed by atoms with van der Waals surface area (Å²) in [6, 6.07) is 21.3. The van der Waals surface area contributed by atoms with Crippen molar-refractivity contribution in [2.45, 2.75) is 38.6 Å². The van der Waals surface area contributed by atoms with Crippen molar-refractivity contribution in [3.05, 3.63) is 107 Å². The van der Waals surface area contributed by atoms with Crippen molar-refractivity contribution in [1.82, 2.24) is 10.2 Å². The highest BCUT2D eigenvalue weighted by Crippen LogP contribution is 2.20. The molecule has 0 fully saturated rings. The maximum Gasteiger partial charge on any atom is 0.243 e. The molecule has 7 heteroatoms. The topological polar surface area (TPSA) is 49.4 Å². The van der Waals surface area contributed by atoms with Crippen LogP contribution in [-0.4, -0.2) is 35.1 Å². The third-order valence-corrected chi connectivity index (χ3v) is 6.66. The van der Waals surface area contributed by atoms with Gasteiger partial charge in [0.2, 0.25) is 11.8 Å². The van der Waals surface area contributed by atoms with Gasteiger partial charge in [-0.2, -0.15) is 0 Å². The van der Waals surface area contributed by atoms with Crippen LogP contribution in [0.25, 0.3) is 0 Å². The minimum atomic E-state index is -0.827. The van der Waals surface area contributed by atoms with Crippen LogP contribution in [0.2, 0.25) is 0 Å². The van der Waals surface area contributed by atoms with Crippen LogP contribution in [0.4, 0.5) is 8.78 Å². The Bertz CT molecular complexity index is 1140. The first-order valence-corrected chi connectivity index (χ1v) is 13.2. The van der Waals surface area contributed by atoms with E-state index in [1.165, 1.54) is 28.8 Å². The number of rotatable bonds is 12. The molecule has 1 N–H and O–H groups in total. The Balaban J connectivity index is 1.86. The minimum absolute atomic E-state index is 0.0333. The van der Waals surface area contributed by atoms with E-state index in [2.05, 4.69) is 5.32 Å². The molecule has 0 unspecified atom stereocenters. The van der Waals surface area contributed by atoms with Gasteiger partial charge in [-0.3, -0.25) is 9.59 Å². The smallest absolute Gasteiger partial charge is 0.243 e. The molecule has 2 amide bonds. The molecule has 0 aliphatic carbocycles. The molecule has 0 aliphatic rings. The minimum Gasteiger partial charge on any atom is -0.354 e. The van der Waals surface area contributed by atoms with Gasteiger partial charge < -0.3 is 10.2 Å².